The van der Waals surface area contributed by atoms with Gasteiger partial charge in [0.1, 0.15) is 0 Å². The van der Waals surface area contributed by atoms with E-state index in [1.54, 1.807) is 0 Å². The first-order valence-corrected chi connectivity index (χ1v) is 5.11. The summed E-state index contributed by atoms with van der Waals surface area (Å²) in [5, 5.41) is 3.45. The van der Waals surface area contributed by atoms with E-state index in [1.807, 2.05) is 6.07 Å². The molecule has 76 valence electrons. The van der Waals surface area contributed by atoms with E-state index in [2.05, 4.69) is 56.4 Å². The van der Waals surface area contributed by atoms with Crippen molar-refractivity contribution in [2.24, 2.45) is 0 Å². The highest BCUT2D eigenvalue weighted by Gasteiger charge is 1.96. The van der Waals surface area contributed by atoms with Crippen molar-refractivity contribution in [3.8, 4) is 0 Å². The second kappa shape index (κ2) is 5.61. The molecular weight excluding hydrogens is 170 g/mol. The summed E-state index contributed by atoms with van der Waals surface area (Å²) in [6.07, 6.45) is 2.24. The predicted octanol–water partition coefficient (Wildman–Crippen LogP) is 3.13. The first kappa shape index (κ1) is 11.0. The highest BCUT2D eigenvalue weighted by Crippen LogP contribution is 1.99. The summed E-state index contributed by atoms with van der Waals surface area (Å²) < 4.78 is 0. The molecule has 0 spiro atoms. The summed E-state index contributed by atoms with van der Waals surface area (Å²) in [5.74, 6) is 0. The third-order valence-electron chi connectivity index (χ3n) is 2.05. The van der Waals surface area contributed by atoms with E-state index in [9.17, 15) is 0 Å². The second-order valence-electron chi connectivity index (χ2n) is 3.90. The Bertz CT molecular complexity index is 283. The third kappa shape index (κ3) is 4.24. The van der Waals surface area contributed by atoms with Crippen LogP contribution in [0.5, 0.6) is 0 Å². The van der Waals surface area contributed by atoms with E-state index in [1.165, 1.54) is 11.1 Å². The van der Waals surface area contributed by atoms with Crippen LogP contribution >= 0.6 is 0 Å². The maximum atomic E-state index is 3.45. The van der Waals surface area contributed by atoms with E-state index >= 15 is 0 Å². The molecule has 1 nitrogen and oxygen atoms in total. The molecule has 1 heteroatoms. The zero-order valence-electron chi connectivity index (χ0n) is 9.25. The van der Waals surface area contributed by atoms with Gasteiger partial charge in [0.15, 0.2) is 0 Å². The number of hydrogen-bond donors (Lipinski definition) is 1. The van der Waals surface area contributed by atoms with Crippen LogP contribution in [0.1, 0.15) is 26.3 Å². The molecule has 0 heterocycles. The zero-order chi connectivity index (χ0) is 10.4. The molecule has 1 aromatic carbocycles. The molecule has 1 atom stereocenters. The lowest BCUT2D eigenvalue weighted by molar-refractivity contribution is 0.630. The monoisotopic (exact) mass is 189 g/mol. The largest absolute Gasteiger partial charge is 0.307 e. The van der Waals surface area contributed by atoms with Gasteiger partial charge >= 0.3 is 0 Å². The number of benzene rings is 1. The molecule has 0 saturated carbocycles. The standard InChI is InChI=1S/C13H19N/c1-11(2)9-12(3)14-10-13-7-5-4-6-8-13/h4-9,12,14H,10H2,1-3H3. The van der Waals surface area contributed by atoms with Crippen LogP contribution in [0.15, 0.2) is 42.0 Å². The van der Waals surface area contributed by atoms with Gasteiger partial charge in [-0.05, 0) is 26.3 Å². The van der Waals surface area contributed by atoms with E-state index in [-0.39, 0.29) is 0 Å². The Hall–Kier alpha value is -1.08. The average molecular weight is 189 g/mol. The molecule has 1 unspecified atom stereocenters. The van der Waals surface area contributed by atoms with Crippen LogP contribution in [0.4, 0.5) is 0 Å². The first-order chi connectivity index (χ1) is 6.68. The van der Waals surface area contributed by atoms with Crippen LogP contribution in [-0.4, -0.2) is 6.04 Å². The Morgan fingerprint density at radius 3 is 2.50 bits per heavy atom. The lowest BCUT2D eigenvalue weighted by atomic mass is 10.2. The highest BCUT2D eigenvalue weighted by atomic mass is 14.9. The van der Waals surface area contributed by atoms with Crippen LogP contribution in [0.3, 0.4) is 0 Å². The van der Waals surface area contributed by atoms with Crippen molar-refractivity contribution in [3.05, 3.63) is 47.5 Å². The predicted molar refractivity (Wildman–Crippen MR) is 62.2 cm³/mol. The van der Waals surface area contributed by atoms with Gasteiger partial charge in [-0.3, -0.25) is 0 Å². The minimum atomic E-state index is 0.445. The van der Waals surface area contributed by atoms with E-state index in [0.717, 1.165) is 6.54 Å². The molecule has 0 amide bonds. The van der Waals surface area contributed by atoms with Gasteiger partial charge in [-0.1, -0.05) is 42.0 Å². The van der Waals surface area contributed by atoms with Gasteiger partial charge in [-0.25, -0.2) is 0 Å². The van der Waals surface area contributed by atoms with Crippen molar-refractivity contribution in [1.29, 1.82) is 0 Å². The molecule has 0 aliphatic carbocycles. The molecule has 0 fully saturated rings. The van der Waals surface area contributed by atoms with Gasteiger partial charge < -0.3 is 5.32 Å². The van der Waals surface area contributed by atoms with Crippen molar-refractivity contribution in [1.82, 2.24) is 5.32 Å². The van der Waals surface area contributed by atoms with Crippen molar-refractivity contribution in [2.45, 2.75) is 33.4 Å². The van der Waals surface area contributed by atoms with E-state index in [4.69, 9.17) is 0 Å². The molecule has 0 aromatic heterocycles. The van der Waals surface area contributed by atoms with E-state index < -0.39 is 0 Å². The smallest absolute Gasteiger partial charge is 0.0227 e. The number of nitrogens with one attached hydrogen (secondary N) is 1. The van der Waals surface area contributed by atoms with Crippen LogP contribution in [-0.2, 0) is 6.54 Å². The summed E-state index contributed by atoms with van der Waals surface area (Å²) in [7, 11) is 0. The van der Waals surface area contributed by atoms with Crippen molar-refractivity contribution in [3.63, 3.8) is 0 Å². The molecule has 0 radical (unpaired) electrons. The Labute approximate surface area is 86.8 Å². The summed E-state index contributed by atoms with van der Waals surface area (Å²) in [6, 6.07) is 10.9. The zero-order valence-corrected chi connectivity index (χ0v) is 9.25. The molecule has 0 aliphatic heterocycles. The SMILES string of the molecule is CC(C)=CC(C)NCc1ccccc1. The van der Waals surface area contributed by atoms with Crippen molar-refractivity contribution < 1.29 is 0 Å². The fourth-order valence-electron chi connectivity index (χ4n) is 1.43. The topological polar surface area (TPSA) is 12.0 Å². The lowest BCUT2D eigenvalue weighted by Crippen LogP contribution is -2.23. The van der Waals surface area contributed by atoms with Crippen LogP contribution in [0, 0.1) is 0 Å². The fraction of sp³-hybridized carbons (Fsp3) is 0.385. The molecule has 14 heavy (non-hydrogen) atoms. The number of allylic oxidation sites excluding steroid dienone is 1. The van der Waals surface area contributed by atoms with Gasteiger partial charge in [0.2, 0.25) is 0 Å². The van der Waals surface area contributed by atoms with Crippen LogP contribution in [0.25, 0.3) is 0 Å². The summed E-state index contributed by atoms with van der Waals surface area (Å²) in [6.45, 7) is 7.36. The Morgan fingerprint density at radius 2 is 1.93 bits per heavy atom. The second-order valence-corrected chi connectivity index (χ2v) is 3.90. The molecule has 0 aliphatic rings. The van der Waals surface area contributed by atoms with Crippen molar-refractivity contribution >= 4 is 0 Å². The first-order valence-electron chi connectivity index (χ1n) is 5.11. The third-order valence-corrected chi connectivity index (χ3v) is 2.05. The Balaban J connectivity index is 2.38. The van der Waals surface area contributed by atoms with Gasteiger partial charge in [-0.15, -0.1) is 0 Å². The normalized spacial score (nSPS) is 12.2. The molecule has 0 bridgehead atoms. The molecular formula is C13H19N. The van der Waals surface area contributed by atoms with Crippen molar-refractivity contribution in [2.75, 3.05) is 0 Å². The quantitative estimate of drug-likeness (QED) is 0.717. The lowest BCUT2D eigenvalue weighted by Gasteiger charge is -2.10. The molecule has 0 saturated heterocycles. The highest BCUT2D eigenvalue weighted by molar-refractivity contribution is 5.14. The van der Waals surface area contributed by atoms with Gasteiger partial charge in [-0.2, -0.15) is 0 Å². The summed E-state index contributed by atoms with van der Waals surface area (Å²) in [4.78, 5) is 0. The Morgan fingerprint density at radius 1 is 1.29 bits per heavy atom. The number of rotatable bonds is 4. The summed E-state index contributed by atoms with van der Waals surface area (Å²) in [5.41, 5.74) is 2.69. The number of hydrogen-bond acceptors (Lipinski definition) is 1. The molecule has 1 N–H and O–H groups in total. The van der Waals surface area contributed by atoms with Gasteiger partial charge in [0.05, 0.1) is 0 Å². The van der Waals surface area contributed by atoms with Crippen LogP contribution in [0.2, 0.25) is 0 Å². The Kier molecular flexibility index (Phi) is 4.41. The fourth-order valence-corrected chi connectivity index (χ4v) is 1.43. The van der Waals surface area contributed by atoms with E-state index in [0.29, 0.717) is 6.04 Å². The van der Waals surface area contributed by atoms with Gasteiger partial charge in [0, 0.05) is 12.6 Å². The molecule has 1 aromatic rings. The van der Waals surface area contributed by atoms with Gasteiger partial charge in [0.25, 0.3) is 0 Å². The van der Waals surface area contributed by atoms with Crippen LogP contribution < -0.4 is 5.32 Å². The maximum absolute atomic E-state index is 3.45. The maximum Gasteiger partial charge on any atom is 0.0227 e. The average Bonchev–Trinajstić information content (AvgIpc) is 2.15. The summed E-state index contributed by atoms with van der Waals surface area (Å²) >= 11 is 0. The minimum Gasteiger partial charge on any atom is -0.307 e. The minimum absolute atomic E-state index is 0.445. The molecule has 1 rings (SSSR count).